The maximum absolute atomic E-state index is 13.2. The molecule has 0 aliphatic heterocycles. The minimum absolute atomic E-state index is 0.0341. The Balaban J connectivity index is 2.07. The van der Waals surface area contributed by atoms with Crippen LogP contribution in [0.3, 0.4) is 0 Å². The van der Waals surface area contributed by atoms with Crippen molar-refractivity contribution >= 4 is 10.0 Å². The Labute approximate surface area is 125 Å². The van der Waals surface area contributed by atoms with E-state index in [1.54, 1.807) is 7.05 Å². The number of hydrogen-bond donors (Lipinski definition) is 1. The number of hydrogen-bond acceptors (Lipinski definition) is 4. The van der Waals surface area contributed by atoms with Crippen LogP contribution >= 0.6 is 0 Å². The van der Waals surface area contributed by atoms with Crippen molar-refractivity contribution in [3.8, 4) is 0 Å². The maximum Gasteiger partial charge on any atom is 0.244 e. The van der Waals surface area contributed by atoms with Crippen LogP contribution in [0.5, 0.6) is 0 Å². The average Bonchev–Trinajstić information content (AvgIpc) is 2.47. The first kappa shape index (κ1) is 16.3. The second-order valence-corrected chi connectivity index (χ2v) is 7.42. The van der Waals surface area contributed by atoms with Crippen molar-refractivity contribution in [2.24, 2.45) is 0 Å². The fraction of sp³-hybridized carbons (Fsp3) is 0.643. The maximum atomic E-state index is 13.2. The van der Waals surface area contributed by atoms with Crippen LogP contribution in [0.4, 0.5) is 4.39 Å². The topological polar surface area (TPSA) is 62.3 Å². The SMILES string of the molecule is CCNC1CCC(N(C)S(=O)(=O)c2cncc(F)c2)CC1. The van der Waals surface area contributed by atoms with Crippen molar-refractivity contribution in [3.05, 3.63) is 24.3 Å². The third-order valence-corrected chi connectivity index (χ3v) is 5.94. The number of nitrogens with zero attached hydrogens (tertiary/aromatic N) is 2. The van der Waals surface area contributed by atoms with Crippen LogP contribution in [0.25, 0.3) is 0 Å². The highest BCUT2D eigenvalue weighted by Gasteiger charge is 2.31. The lowest BCUT2D eigenvalue weighted by molar-refractivity contribution is 0.251. The van der Waals surface area contributed by atoms with Crippen LogP contribution in [-0.4, -0.2) is 43.4 Å². The molecule has 21 heavy (non-hydrogen) atoms. The first-order valence-electron chi connectivity index (χ1n) is 7.27. The molecule has 5 nitrogen and oxygen atoms in total. The lowest BCUT2D eigenvalue weighted by atomic mass is 9.91. The predicted molar refractivity (Wildman–Crippen MR) is 78.9 cm³/mol. The van der Waals surface area contributed by atoms with Crippen LogP contribution in [0.15, 0.2) is 23.4 Å². The second kappa shape index (κ2) is 6.81. The van der Waals surface area contributed by atoms with E-state index in [0.717, 1.165) is 44.5 Å². The molecule has 1 aliphatic carbocycles. The molecule has 1 aromatic rings. The van der Waals surface area contributed by atoms with Crippen molar-refractivity contribution in [2.75, 3.05) is 13.6 Å². The fourth-order valence-corrected chi connectivity index (χ4v) is 4.22. The summed E-state index contributed by atoms with van der Waals surface area (Å²) in [4.78, 5) is 3.54. The summed E-state index contributed by atoms with van der Waals surface area (Å²) in [5.74, 6) is -0.639. The summed E-state index contributed by atoms with van der Waals surface area (Å²) >= 11 is 0. The number of halogens is 1. The normalized spacial score (nSPS) is 23.4. The largest absolute Gasteiger partial charge is 0.314 e. The van der Waals surface area contributed by atoms with E-state index in [1.807, 2.05) is 0 Å². The molecular weight excluding hydrogens is 293 g/mol. The van der Waals surface area contributed by atoms with Gasteiger partial charge in [0.25, 0.3) is 0 Å². The summed E-state index contributed by atoms with van der Waals surface area (Å²) in [7, 11) is -2.11. The summed E-state index contributed by atoms with van der Waals surface area (Å²) < 4.78 is 39.5. The molecule has 7 heteroatoms. The fourth-order valence-electron chi connectivity index (χ4n) is 2.83. The van der Waals surface area contributed by atoms with Crippen molar-refractivity contribution < 1.29 is 12.8 Å². The van der Waals surface area contributed by atoms with E-state index in [-0.39, 0.29) is 10.9 Å². The van der Waals surface area contributed by atoms with Crippen LogP contribution in [0.1, 0.15) is 32.6 Å². The van der Waals surface area contributed by atoms with Gasteiger partial charge in [-0.05, 0) is 38.3 Å². The van der Waals surface area contributed by atoms with Gasteiger partial charge in [0.2, 0.25) is 10.0 Å². The van der Waals surface area contributed by atoms with E-state index in [2.05, 4.69) is 17.2 Å². The quantitative estimate of drug-likeness (QED) is 0.899. The first-order valence-corrected chi connectivity index (χ1v) is 8.71. The van der Waals surface area contributed by atoms with Crippen molar-refractivity contribution in [3.63, 3.8) is 0 Å². The van der Waals surface area contributed by atoms with Gasteiger partial charge in [0.05, 0.1) is 6.20 Å². The third-order valence-electron chi connectivity index (χ3n) is 4.06. The molecule has 0 saturated heterocycles. The number of nitrogens with one attached hydrogen (secondary N) is 1. The summed E-state index contributed by atoms with van der Waals surface area (Å²) in [6.07, 6.45) is 5.74. The number of aromatic nitrogens is 1. The Kier molecular flexibility index (Phi) is 5.29. The molecule has 1 fully saturated rings. The van der Waals surface area contributed by atoms with Crippen molar-refractivity contribution in [1.82, 2.24) is 14.6 Å². The van der Waals surface area contributed by atoms with E-state index < -0.39 is 15.8 Å². The zero-order chi connectivity index (χ0) is 15.5. The second-order valence-electron chi connectivity index (χ2n) is 5.42. The van der Waals surface area contributed by atoms with Gasteiger partial charge in [-0.25, -0.2) is 12.8 Å². The Morgan fingerprint density at radius 1 is 1.33 bits per heavy atom. The van der Waals surface area contributed by atoms with Gasteiger partial charge >= 0.3 is 0 Å². The minimum atomic E-state index is -3.68. The zero-order valence-electron chi connectivity index (χ0n) is 12.4. The Morgan fingerprint density at radius 2 is 2.00 bits per heavy atom. The molecule has 0 unspecified atom stereocenters. The van der Waals surface area contributed by atoms with Crippen LogP contribution in [-0.2, 0) is 10.0 Å². The molecule has 1 N–H and O–H groups in total. The third kappa shape index (κ3) is 3.78. The number of rotatable bonds is 5. The molecule has 2 rings (SSSR count). The van der Waals surface area contributed by atoms with Gasteiger partial charge < -0.3 is 5.32 Å². The average molecular weight is 315 g/mol. The van der Waals surface area contributed by atoms with E-state index in [0.29, 0.717) is 6.04 Å². The lowest BCUT2D eigenvalue weighted by Crippen LogP contribution is -2.43. The first-order chi connectivity index (χ1) is 9.95. The van der Waals surface area contributed by atoms with E-state index in [4.69, 9.17) is 0 Å². The van der Waals surface area contributed by atoms with Gasteiger partial charge in [-0.15, -0.1) is 0 Å². The molecule has 0 amide bonds. The Bertz CT molecular complexity index is 571. The summed E-state index contributed by atoms with van der Waals surface area (Å²) in [6.45, 7) is 3.00. The number of sulfonamides is 1. The molecular formula is C14H22FN3O2S. The van der Waals surface area contributed by atoms with Gasteiger partial charge in [-0.1, -0.05) is 6.92 Å². The lowest BCUT2D eigenvalue weighted by Gasteiger charge is -2.34. The van der Waals surface area contributed by atoms with E-state index >= 15 is 0 Å². The molecule has 0 radical (unpaired) electrons. The monoisotopic (exact) mass is 315 g/mol. The summed E-state index contributed by atoms with van der Waals surface area (Å²) in [5.41, 5.74) is 0. The molecule has 1 saturated carbocycles. The van der Waals surface area contributed by atoms with Crippen LogP contribution in [0, 0.1) is 5.82 Å². The molecule has 0 atom stereocenters. The number of pyridine rings is 1. The smallest absolute Gasteiger partial charge is 0.244 e. The van der Waals surface area contributed by atoms with Gasteiger partial charge in [-0.3, -0.25) is 4.98 Å². The van der Waals surface area contributed by atoms with Crippen molar-refractivity contribution in [1.29, 1.82) is 0 Å². The van der Waals surface area contributed by atoms with E-state index in [9.17, 15) is 12.8 Å². The van der Waals surface area contributed by atoms with Crippen LogP contribution < -0.4 is 5.32 Å². The highest BCUT2D eigenvalue weighted by Crippen LogP contribution is 2.26. The molecule has 0 bridgehead atoms. The van der Waals surface area contributed by atoms with Crippen LogP contribution in [0.2, 0.25) is 0 Å². The molecule has 0 aromatic carbocycles. The summed E-state index contributed by atoms with van der Waals surface area (Å²) in [5, 5.41) is 3.39. The zero-order valence-corrected chi connectivity index (χ0v) is 13.2. The molecule has 0 spiro atoms. The minimum Gasteiger partial charge on any atom is -0.314 e. The Hall–Kier alpha value is -1.05. The van der Waals surface area contributed by atoms with Gasteiger partial charge in [0.1, 0.15) is 10.7 Å². The summed E-state index contributed by atoms with van der Waals surface area (Å²) in [6, 6.07) is 1.45. The van der Waals surface area contributed by atoms with Gasteiger partial charge in [0, 0.05) is 25.3 Å². The van der Waals surface area contributed by atoms with E-state index in [1.165, 1.54) is 10.5 Å². The molecule has 1 heterocycles. The van der Waals surface area contributed by atoms with Gasteiger partial charge in [0.15, 0.2) is 0 Å². The highest BCUT2D eigenvalue weighted by atomic mass is 32.2. The molecule has 1 aliphatic rings. The Morgan fingerprint density at radius 3 is 2.57 bits per heavy atom. The standard InChI is InChI=1S/C14H22FN3O2S/c1-3-17-12-4-6-13(7-5-12)18(2)21(19,20)14-8-11(15)9-16-10-14/h8-10,12-13,17H,3-7H2,1-2H3. The van der Waals surface area contributed by atoms with Crippen molar-refractivity contribution in [2.45, 2.75) is 49.6 Å². The highest BCUT2D eigenvalue weighted by molar-refractivity contribution is 7.89. The molecule has 118 valence electrons. The predicted octanol–water partition coefficient (Wildman–Crippen LogP) is 1.76. The molecule has 1 aromatic heterocycles. The van der Waals surface area contributed by atoms with Gasteiger partial charge in [-0.2, -0.15) is 4.31 Å².